The molecule has 0 aliphatic heterocycles. The van der Waals surface area contributed by atoms with Crippen molar-refractivity contribution in [1.82, 2.24) is 5.32 Å². The van der Waals surface area contributed by atoms with Crippen LogP contribution in [-0.4, -0.2) is 35.2 Å². The lowest BCUT2D eigenvalue weighted by atomic mass is 10.0. The number of nitrogens with one attached hydrogen (secondary N) is 1. The number of hydrogen-bond donors (Lipinski definition) is 3. The lowest BCUT2D eigenvalue weighted by Gasteiger charge is -2.17. The van der Waals surface area contributed by atoms with E-state index >= 15 is 0 Å². The minimum absolute atomic E-state index is 0.104. The van der Waals surface area contributed by atoms with Gasteiger partial charge in [0.25, 0.3) is 5.91 Å². The van der Waals surface area contributed by atoms with E-state index in [-0.39, 0.29) is 6.42 Å². The number of ether oxygens (including phenoxy) is 1. The summed E-state index contributed by atoms with van der Waals surface area (Å²) in [5, 5.41) is 21.7. The number of aliphatic hydroxyl groups excluding tert-OH is 1. The molecule has 0 bridgehead atoms. The second-order valence-corrected chi connectivity index (χ2v) is 5.26. The molecule has 24 heavy (non-hydrogen) atoms. The van der Waals surface area contributed by atoms with Gasteiger partial charge in [0.2, 0.25) is 0 Å². The average Bonchev–Trinajstić information content (AvgIpc) is 2.61. The normalized spacial score (nSPS) is 12.9. The monoisotopic (exact) mass is 329 g/mol. The first-order chi connectivity index (χ1) is 11.5. The number of carboxylic acids is 1. The van der Waals surface area contributed by atoms with Crippen molar-refractivity contribution < 1.29 is 24.5 Å². The quantitative estimate of drug-likeness (QED) is 0.716. The molecule has 2 aromatic carbocycles. The molecule has 2 aromatic rings. The number of carboxylic acid groups (broad SMARTS) is 1. The molecule has 6 heteroatoms. The van der Waals surface area contributed by atoms with Gasteiger partial charge in [0, 0.05) is 6.42 Å². The Kier molecular flexibility index (Phi) is 5.92. The van der Waals surface area contributed by atoms with Crippen LogP contribution in [0.1, 0.15) is 17.2 Å². The van der Waals surface area contributed by atoms with Crippen molar-refractivity contribution in [1.29, 1.82) is 0 Å². The molecule has 0 spiro atoms. The molecule has 0 fully saturated rings. The van der Waals surface area contributed by atoms with E-state index in [9.17, 15) is 19.8 Å². The Bertz CT molecular complexity index is 684. The minimum atomic E-state index is -1.41. The van der Waals surface area contributed by atoms with Gasteiger partial charge in [0.15, 0.2) is 6.10 Å². The number of rotatable bonds is 7. The van der Waals surface area contributed by atoms with Gasteiger partial charge < -0.3 is 20.3 Å². The Balaban J connectivity index is 2.04. The van der Waals surface area contributed by atoms with Gasteiger partial charge in [-0.2, -0.15) is 0 Å². The second kappa shape index (κ2) is 8.12. The largest absolute Gasteiger partial charge is 0.497 e. The van der Waals surface area contributed by atoms with Gasteiger partial charge >= 0.3 is 5.97 Å². The second-order valence-electron chi connectivity index (χ2n) is 5.26. The zero-order valence-corrected chi connectivity index (χ0v) is 13.2. The van der Waals surface area contributed by atoms with Gasteiger partial charge in [-0.1, -0.05) is 42.5 Å². The summed E-state index contributed by atoms with van der Waals surface area (Å²) in [4.78, 5) is 23.5. The number of amides is 1. The number of aliphatic hydroxyl groups is 1. The Morgan fingerprint density at radius 1 is 1.08 bits per heavy atom. The highest BCUT2D eigenvalue weighted by molar-refractivity contribution is 5.87. The Hall–Kier alpha value is -2.86. The zero-order chi connectivity index (χ0) is 17.5. The highest BCUT2D eigenvalue weighted by Gasteiger charge is 2.25. The SMILES string of the molecule is COc1ccc(C[C@@H](NC(=O)[C@@H](O)c2ccccc2)C(=O)O)cc1. The molecule has 0 unspecified atom stereocenters. The lowest BCUT2D eigenvalue weighted by molar-refractivity contribution is -0.143. The Labute approximate surface area is 139 Å². The van der Waals surface area contributed by atoms with Crippen LogP contribution in [0.15, 0.2) is 54.6 Å². The summed E-state index contributed by atoms with van der Waals surface area (Å²) in [6, 6.07) is 14.1. The van der Waals surface area contributed by atoms with Crippen molar-refractivity contribution in [3.8, 4) is 5.75 Å². The van der Waals surface area contributed by atoms with Crippen LogP contribution >= 0.6 is 0 Å². The minimum Gasteiger partial charge on any atom is -0.497 e. The third kappa shape index (κ3) is 4.57. The van der Waals surface area contributed by atoms with Crippen molar-refractivity contribution in [2.75, 3.05) is 7.11 Å². The third-order valence-corrected chi connectivity index (χ3v) is 3.58. The van der Waals surface area contributed by atoms with Gasteiger partial charge in [-0.15, -0.1) is 0 Å². The van der Waals surface area contributed by atoms with Crippen LogP contribution < -0.4 is 10.1 Å². The molecule has 0 saturated heterocycles. The molecule has 126 valence electrons. The fourth-order valence-corrected chi connectivity index (χ4v) is 2.23. The molecule has 2 atom stereocenters. The predicted molar refractivity (Wildman–Crippen MR) is 87.7 cm³/mol. The van der Waals surface area contributed by atoms with Crippen LogP contribution in [0.5, 0.6) is 5.75 Å². The van der Waals surface area contributed by atoms with Crippen molar-refractivity contribution in [3.63, 3.8) is 0 Å². The molecule has 1 amide bonds. The van der Waals surface area contributed by atoms with Crippen LogP contribution in [0.25, 0.3) is 0 Å². The summed E-state index contributed by atoms with van der Waals surface area (Å²) < 4.78 is 5.05. The Morgan fingerprint density at radius 3 is 2.25 bits per heavy atom. The number of aliphatic carboxylic acids is 1. The van der Waals surface area contributed by atoms with Crippen LogP contribution in [0.2, 0.25) is 0 Å². The van der Waals surface area contributed by atoms with Crippen molar-refractivity contribution in [2.24, 2.45) is 0 Å². The fraction of sp³-hybridized carbons (Fsp3) is 0.222. The molecular formula is C18H19NO5. The van der Waals surface area contributed by atoms with E-state index in [1.807, 2.05) is 0 Å². The van der Waals surface area contributed by atoms with E-state index in [2.05, 4.69) is 5.32 Å². The summed E-state index contributed by atoms with van der Waals surface area (Å²) in [6.45, 7) is 0. The first-order valence-electron chi connectivity index (χ1n) is 7.40. The van der Waals surface area contributed by atoms with Crippen LogP contribution in [0.4, 0.5) is 0 Å². The summed E-state index contributed by atoms with van der Waals surface area (Å²) in [5.41, 5.74) is 1.14. The van der Waals surface area contributed by atoms with Crippen LogP contribution in [0, 0.1) is 0 Å². The van der Waals surface area contributed by atoms with E-state index in [1.165, 1.54) is 0 Å². The first-order valence-corrected chi connectivity index (χ1v) is 7.40. The number of carbonyl (C=O) groups excluding carboxylic acids is 1. The number of carbonyl (C=O) groups is 2. The van der Waals surface area contributed by atoms with Crippen molar-refractivity contribution in [2.45, 2.75) is 18.6 Å². The predicted octanol–water partition coefficient (Wildman–Crippen LogP) is 1.54. The molecule has 0 saturated carbocycles. The Morgan fingerprint density at radius 2 is 1.71 bits per heavy atom. The van der Waals surface area contributed by atoms with Crippen LogP contribution in [-0.2, 0) is 16.0 Å². The topological polar surface area (TPSA) is 95.9 Å². The average molecular weight is 329 g/mol. The first kappa shape index (κ1) is 17.5. The third-order valence-electron chi connectivity index (χ3n) is 3.58. The standard InChI is InChI=1S/C18H19NO5/c1-24-14-9-7-12(8-10-14)11-15(18(22)23)19-17(21)16(20)13-5-3-2-4-6-13/h2-10,15-16,20H,11H2,1H3,(H,19,21)(H,22,23)/t15-,16+/m1/s1. The number of methoxy groups -OCH3 is 1. The molecular weight excluding hydrogens is 310 g/mol. The highest BCUT2D eigenvalue weighted by Crippen LogP contribution is 2.15. The zero-order valence-electron chi connectivity index (χ0n) is 13.2. The van der Waals surface area contributed by atoms with Crippen LogP contribution in [0.3, 0.4) is 0 Å². The summed E-state index contributed by atoms with van der Waals surface area (Å²) in [7, 11) is 1.54. The maximum atomic E-state index is 12.1. The molecule has 0 aliphatic rings. The van der Waals surface area contributed by atoms with Gasteiger partial charge in [0.05, 0.1) is 7.11 Å². The lowest BCUT2D eigenvalue weighted by Crippen LogP contribution is -2.44. The molecule has 0 radical (unpaired) electrons. The van der Waals surface area contributed by atoms with E-state index in [1.54, 1.807) is 61.7 Å². The van der Waals surface area contributed by atoms with Crippen molar-refractivity contribution in [3.05, 3.63) is 65.7 Å². The number of hydrogen-bond acceptors (Lipinski definition) is 4. The van der Waals surface area contributed by atoms with E-state index in [4.69, 9.17) is 4.74 Å². The van der Waals surface area contributed by atoms with E-state index in [0.29, 0.717) is 11.3 Å². The summed E-state index contributed by atoms with van der Waals surface area (Å²) in [6.07, 6.45) is -1.31. The van der Waals surface area contributed by atoms with Gasteiger partial charge in [-0.05, 0) is 23.3 Å². The molecule has 0 heterocycles. The van der Waals surface area contributed by atoms with Gasteiger partial charge in [-0.25, -0.2) is 4.79 Å². The summed E-state index contributed by atoms with van der Waals surface area (Å²) >= 11 is 0. The van der Waals surface area contributed by atoms with E-state index < -0.39 is 24.0 Å². The van der Waals surface area contributed by atoms with Crippen molar-refractivity contribution >= 4 is 11.9 Å². The molecule has 0 aromatic heterocycles. The maximum Gasteiger partial charge on any atom is 0.326 e. The number of benzene rings is 2. The molecule has 3 N–H and O–H groups in total. The van der Waals surface area contributed by atoms with E-state index in [0.717, 1.165) is 5.56 Å². The smallest absolute Gasteiger partial charge is 0.326 e. The highest BCUT2D eigenvalue weighted by atomic mass is 16.5. The molecule has 6 nitrogen and oxygen atoms in total. The fourth-order valence-electron chi connectivity index (χ4n) is 2.23. The van der Waals surface area contributed by atoms with Gasteiger partial charge in [-0.3, -0.25) is 4.79 Å². The van der Waals surface area contributed by atoms with Gasteiger partial charge in [0.1, 0.15) is 11.8 Å². The molecule has 2 rings (SSSR count). The summed E-state index contributed by atoms with van der Waals surface area (Å²) in [5.74, 6) is -1.25. The maximum absolute atomic E-state index is 12.1. The molecule has 0 aliphatic carbocycles.